The van der Waals surface area contributed by atoms with Crippen LogP contribution in [0.25, 0.3) is 17.3 Å². The third-order valence-corrected chi connectivity index (χ3v) is 9.46. The first-order chi connectivity index (χ1) is 23.4. The monoisotopic (exact) mass is 678 g/mol. The molecule has 48 heavy (non-hydrogen) atoms. The standard InChI is InChI=1S/C35H34N8O3S2/c1-4-7-11-23(5-2)34(45)46-19-18-43(6-3)30-17-16-29(48-30)41-42-35-40-32(24-12-9-8-10-13-24)28(47-35)15-14-26-27(22-38)31(39-33(26)44)25(20-36)21-37/h8-10,12-17,23H,4-7,11,18-19H2,1-3H3,(H,39,44)/b15-14+,42-41+. The van der Waals surface area contributed by atoms with Gasteiger partial charge in [-0.05, 0) is 44.1 Å². The van der Waals surface area contributed by atoms with Gasteiger partial charge in [0.15, 0.2) is 5.57 Å². The summed E-state index contributed by atoms with van der Waals surface area (Å²) in [6.07, 6.45) is 6.84. The Morgan fingerprint density at radius 3 is 2.50 bits per heavy atom. The van der Waals surface area contributed by atoms with E-state index in [4.69, 9.17) is 9.72 Å². The third-order valence-electron chi connectivity index (χ3n) is 7.52. The molecule has 1 amide bonds. The number of azo groups is 1. The topological polar surface area (TPSA) is 168 Å². The fourth-order valence-corrected chi connectivity index (χ4v) is 6.63. The highest BCUT2D eigenvalue weighted by atomic mass is 32.1. The predicted octanol–water partition coefficient (Wildman–Crippen LogP) is 8.14. The molecule has 3 heterocycles. The van der Waals surface area contributed by atoms with Crippen LogP contribution in [0.3, 0.4) is 0 Å². The van der Waals surface area contributed by atoms with Crippen molar-refractivity contribution in [2.24, 2.45) is 16.1 Å². The maximum atomic E-state index is 12.7. The van der Waals surface area contributed by atoms with E-state index in [-0.39, 0.29) is 34.3 Å². The number of nitrogens with zero attached hydrogens (tertiary/aromatic N) is 7. The van der Waals surface area contributed by atoms with Crippen molar-refractivity contribution in [1.29, 1.82) is 15.8 Å². The SMILES string of the molecule is CCCCC(CC)C(=O)OCCN(CC)c1ccc(/N=N/c2nc(-c3ccccc3)c(/C=C/C3=C(C#N)C(=C(C#N)C#N)NC3=O)s2)s1. The largest absolute Gasteiger partial charge is 0.464 e. The van der Waals surface area contributed by atoms with Crippen molar-refractivity contribution >= 4 is 55.8 Å². The zero-order valence-electron chi connectivity index (χ0n) is 26.9. The van der Waals surface area contributed by atoms with Crippen molar-refractivity contribution in [1.82, 2.24) is 10.3 Å². The fraction of sp³-hybridized carbons (Fsp3) is 0.314. The van der Waals surface area contributed by atoms with Gasteiger partial charge >= 0.3 is 5.97 Å². The lowest BCUT2D eigenvalue weighted by atomic mass is 10.00. The average Bonchev–Trinajstić information content (AvgIpc) is 3.83. The highest BCUT2D eigenvalue weighted by Crippen LogP contribution is 2.37. The van der Waals surface area contributed by atoms with E-state index in [1.807, 2.05) is 62.4 Å². The van der Waals surface area contributed by atoms with Gasteiger partial charge in [-0.3, -0.25) is 9.59 Å². The van der Waals surface area contributed by atoms with Crippen LogP contribution in [0, 0.1) is 39.9 Å². The van der Waals surface area contributed by atoms with Gasteiger partial charge in [-0.1, -0.05) is 79.7 Å². The molecule has 1 unspecified atom stereocenters. The second kappa shape index (κ2) is 17.5. The number of thiazole rings is 1. The number of hydrogen-bond acceptors (Lipinski definition) is 12. The maximum absolute atomic E-state index is 12.7. The van der Waals surface area contributed by atoms with Gasteiger partial charge in [-0.15, -0.1) is 10.2 Å². The van der Waals surface area contributed by atoms with Crippen molar-refractivity contribution in [3.05, 3.63) is 75.8 Å². The van der Waals surface area contributed by atoms with Crippen molar-refractivity contribution in [2.45, 2.75) is 46.5 Å². The average molecular weight is 679 g/mol. The van der Waals surface area contributed by atoms with E-state index in [9.17, 15) is 25.4 Å². The van der Waals surface area contributed by atoms with Gasteiger partial charge in [0.05, 0.1) is 44.9 Å². The summed E-state index contributed by atoms with van der Waals surface area (Å²) in [4.78, 5) is 32.7. The Morgan fingerprint density at radius 1 is 1.06 bits per heavy atom. The molecule has 2 aromatic heterocycles. The number of ether oxygens (including phenoxy) is 1. The molecule has 3 aromatic rings. The van der Waals surface area contributed by atoms with Crippen LogP contribution in [-0.4, -0.2) is 36.6 Å². The Balaban J connectivity index is 1.52. The van der Waals surface area contributed by atoms with Gasteiger partial charge in [0.1, 0.15) is 29.8 Å². The summed E-state index contributed by atoms with van der Waals surface area (Å²) in [5.74, 6) is -0.765. The minimum absolute atomic E-state index is 0.0362. The quantitative estimate of drug-likeness (QED) is 0.0954. The number of amides is 1. The van der Waals surface area contributed by atoms with Gasteiger partial charge in [0.2, 0.25) is 5.13 Å². The van der Waals surface area contributed by atoms with Crippen LogP contribution in [0.1, 0.15) is 51.3 Å². The fourth-order valence-electron chi connectivity index (χ4n) is 4.90. The predicted molar refractivity (Wildman–Crippen MR) is 186 cm³/mol. The first-order valence-electron chi connectivity index (χ1n) is 15.5. The second-order valence-corrected chi connectivity index (χ2v) is 12.6. The molecular formula is C35H34N8O3S2. The zero-order valence-corrected chi connectivity index (χ0v) is 28.5. The lowest BCUT2D eigenvalue weighted by Gasteiger charge is -2.21. The first kappa shape index (κ1) is 35.4. The summed E-state index contributed by atoms with van der Waals surface area (Å²) in [5, 5.41) is 41.5. The molecule has 0 saturated carbocycles. The second-order valence-electron chi connectivity index (χ2n) is 10.5. The van der Waals surface area contributed by atoms with Crippen LogP contribution < -0.4 is 10.2 Å². The number of allylic oxidation sites excluding steroid dienone is 2. The Bertz CT molecular complexity index is 1870. The van der Waals surface area contributed by atoms with Gasteiger partial charge < -0.3 is 15.0 Å². The van der Waals surface area contributed by atoms with E-state index in [2.05, 4.69) is 27.4 Å². The molecule has 1 aliphatic rings. The Morgan fingerprint density at radius 2 is 1.83 bits per heavy atom. The van der Waals surface area contributed by atoms with Gasteiger partial charge in [0, 0.05) is 12.1 Å². The molecule has 0 saturated heterocycles. The van der Waals surface area contributed by atoms with E-state index < -0.39 is 5.91 Å². The number of nitrogens with one attached hydrogen (secondary N) is 1. The number of rotatable bonds is 15. The van der Waals surface area contributed by atoms with E-state index in [1.54, 1.807) is 18.2 Å². The maximum Gasteiger partial charge on any atom is 0.308 e. The van der Waals surface area contributed by atoms with Crippen molar-refractivity contribution in [3.8, 4) is 29.5 Å². The van der Waals surface area contributed by atoms with Crippen LogP contribution in [0.4, 0.5) is 15.1 Å². The minimum Gasteiger partial charge on any atom is -0.464 e. The van der Waals surface area contributed by atoms with Crippen molar-refractivity contribution in [3.63, 3.8) is 0 Å². The van der Waals surface area contributed by atoms with E-state index in [0.717, 1.165) is 42.8 Å². The Labute approximate surface area is 287 Å². The molecule has 0 bridgehead atoms. The number of unbranched alkanes of at least 4 members (excludes halogenated alkanes) is 1. The van der Waals surface area contributed by atoms with E-state index in [1.165, 1.54) is 28.7 Å². The molecule has 0 spiro atoms. The highest BCUT2D eigenvalue weighted by Gasteiger charge is 2.28. The number of likely N-dealkylation sites (N-methyl/N-ethyl adjacent to an activating group) is 1. The Kier molecular flexibility index (Phi) is 12.9. The minimum atomic E-state index is -0.587. The molecule has 0 fully saturated rings. The van der Waals surface area contributed by atoms with Crippen LogP contribution >= 0.6 is 22.7 Å². The molecule has 1 atom stereocenters. The van der Waals surface area contributed by atoms with Gasteiger partial charge in [0.25, 0.3) is 5.91 Å². The normalized spacial score (nSPS) is 13.3. The number of carbonyl (C=O) groups is 2. The Hall–Kier alpha value is -5.42. The first-order valence-corrected chi connectivity index (χ1v) is 17.2. The molecule has 1 aliphatic heterocycles. The molecular weight excluding hydrogens is 645 g/mol. The number of anilines is 1. The van der Waals surface area contributed by atoms with Gasteiger partial charge in [-0.2, -0.15) is 15.8 Å². The molecule has 244 valence electrons. The van der Waals surface area contributed by atoms with Crippen LogP contribution in [0.15, 0.2) is 81.2 Å². The van der Waals surface area contributed by atoms with Gasteiger partial charge in [-0.25, -0.2) is 4.98 Å². The third kappa shape index (κ3) is 8.68. The highest BCUT2D eigenvalue weighted by molar-refractivity contribution is 7.19. The van der Waals surface area contributed by atoms with Crippen LogP contribution in [-0.2, 0) is 14.3 Å². The number of esters is 1. The van der Waals surface area contributed by atoms with Crippen molar-refractivity contribution in [2.75, 3.05) is 24.6 Å². The number of thiophene rings is 1. The molecule has 13 heteroatoms. The summed E-state index contributed by atoms with van der Waals surface area (Å²) in [5.41, 5.74) is 0.954. The molecule has 1 N–H and O–H groups in total. The molecule has 11 nitrogen and oxygen atoms in total. The van der Waals surface area contributed by atoms with Crippen LogP contribution in [0.5, 0.6) is 0 Å². The summed E-state index contributed by atoms with van der Waals surface area (Å²) in [6.45, 7) is 7.79. The number of aromatic nitrogens is 1. The lowest BCUT2D eigenvalue weighted by Crippen LogP contribution is -2.28. The van der Waals surface area contributed by atoms with E-state index >= 15 is 0 Å². The summed E-state index contributed by atoms with van der Waals surface area (Å²) in [6, 6.07) is 18.7. The number of benzene rings is 1. The summed E-state index contributed by atoms with van der Waals surface area (Å²) >= 11 is 2.72. The smallest absolute Gasteiger partial charge is 0.308 e. The molecule has 1 aromatic carbocycles. The zero-order chi connectivity index (χ0) is 34.5. The number of carbonyl (C=O) groups excluding carboxylic acids is 2. The van der Waals surface area contributed by atoms with Crippen LogP contribution in [0.2, 0.25) is 0 Å². The summed E-state index contributed by atoms with van der Waals surface area (Å²) in [7, 11) is 0. The van der Waals surface area contributed by atoms with Crippen molar-refractivity contribution < 1.29 is 14.3 Å². The molecule has 0 radical (unpaired) electrons. The van der Waals surface area contributed by atoms with E-state index in [0.29, 0.717) is 33.9 Å². The molecule has 4 rings (SSSR count). The molecule has 0 aliphatic carbocycles. The number of hydrogen-bond donors (Lipinski definition) is 1. The number of nitriles is 3. The lowest BCUT2D eigenvalue weighted by molar-refractivity contribution is -0.148. The summed E-state index contributed by atoms with van der Waals surface area (Å²) < 4.78 is 5.61.